The predicted molar refractivity (Wildman–Crippen MR) is 79.0 cm³/mol. The van der Waals surface area contributed by atoms with Gasteiger partial charge in [0.25, 0.3) is 0 Å². The Labute approximate surface area is 117 Å². The summed E-state index contributed by atoms with van der Waals surface area (Å²) in [6.45, 7) is 7.13. The number of aliphatic hydroxyl groups is 1. The highest BCUT2D eigenvalue weighted by atomic mass is 16.3. The largest absolute Gasteiger partial charge is 0.389 e. The van der Waals surface area contributed by atoms with Gasteiger partial charge < -0.3 is 15.0 Å². The van der Waals surface area contributed by atoms with Crippen molar-refractivity contribution in [3.05, 3.63) is 24.0 Å². The van der Waals surface area contributed by atoms with E-state index in [-0.39, 0.29) is 0 Å². The summed E-state index contributed by atoms with van der Waals surface area (Å²) in [4.78, 5) is 0. The van der Waals surface area contributed by atoms with E-state index >= 15 is 0 Å². The van der Waals surface area contributed by atoms with Gasteiger partial charge in [-0.2, -0.15) is 0 Å². The third-order valence-corrected chi connectivity index (χ3v) is 4.35. The summed E-state index contributed by atoms with van der Waals surface area (Å²) in [6, 6.07) is 4.26. The molecular formula is C16H28N2O. The van der Waals surface area contributed by atoms with Crippen LogP contribution in [0.2, 0.25) is 0 Å². The Hall–Kier alpha value is -0.800. The second-order valence-corrected chi connectivity index (χ2v) is 6.20. The van der Waals surface area contributed by atoms with Crippen molar-refractivity contribution in [3.63, 3.8) is 0 Å². The number of nitrogens with one attached hydrogen (secondary N) is 1. The van der Waals surface area contributed by atoms with E-state index in [0.717, 1.165) is 57.7 Å². The number of aryl methyl sites for hydroxylation is 1. The van der Waals surface area contributed by atoms with E-state index in [4.69, 9.17) is 0 Å². The van der Waals surface area contributed by atoms with Gasteiger partial charge in [-0.3, -0.25) is 0 Å². The predicted octanol–water partition coefficient (Wildman–Crippen LogP) is 2.93. The van der Waals surface area contributed by atoms with Crippen LogP contribution in [0.4, 0.5) is 0 Å². The van der Waals surface area contributed by atoms with Crippen molar-refractivity contribution in [2.75, 3.05) is 6.54 Å². The second-order valence-electron chi connectivity index (χ2n) is 6.20. The highest BCUT2D eigenvalue weighted by molar-refractivity contribution is 5.07. The molecule has 1 aromatic rings. The fourth-order valence-electron chi connectivity index (χ4n) is 2.97. The maximum atomic E-state index is 10.5. The van der Waals surface area contributed by atoms with Gasteiger partial charge in [-0.1, -0.05) is 13.8 Å². The number of nitrogens with zero attached hydrogens (tertiary/aromatic N) is 1. The molecule has 0 amide bonds. The molecule has 2 N–H and O–H groups in total. The number of aromatic nitrogens is 1. The van der Waals surface area contributed by atoms with E-state index in [1.807, 2.05) is 0 Å². The Balaban J connectivity index is 1.78. The van der Waals surface area contributed by atoms with Crippen molar-refractivity contribution in [1.82, 2.24) is 9.88 Å². The lowest BCUT2D eigenvalue weighted by molar-refractivity contribution is -0.00640. The molecule has 0 atom stereocenters. The molecule has 108 valence electrons. The van der Waals surface area contributed by atoms with Crippen LogP contribution in [0.15, 0.2) is 18.3 Å². The van der Waals surface area contributed by atoms with Crippen LogP contribution in [0.3, 0.4) is 0 Å². The summed E-state index contributed by atoms with van der Waals surface area (Å²) >= 11 is 0. The smallest absolute Gasteiger partial charge is 0.0771 e. The molecule has 0 bridgehead atoms. The molecule has 3 heteroatoms. The maximum Gasteiger partial charge on any atom is 0.0771 e. The van der Waals surface area contributed by atoms with Gasteiger partial charge in [-0.15, -0.1) is 0 Å². The van der Waals surface area contributed by atoms with Gasteiger partial charge in [-0.05, 0) is 50.2 Å². The van der Waals surface area contributed by atoms with Crippen molar-refractivity contribution in [2.45, 2.75) is 64.6 Å². The summed E-state index contributed by atoms with van der Waals surface area (Å²) in [5, 5.41) is 14.0. The Kier molecular flexibility index (Phi) is 5.06. The molecule has 1 saturated carbocycles. The van der Waals surface area contributed by atoms with Gasteiger partial charge in [-0.25, -0.2) is 0 Å². The van der Waals surface area contributed by atoms with Crippen LogP contribution in [0.1, 0.15) is 51.6 Å². The molecule has 1 aliphatic rings. The molecular weight excluding hydrogens is 236 g/mol. The molecule has 0 spiro atoms. The summed E-state index contributed by atoms with van der Waals surface area (Å²) in [5.41, 5.74) is 0.837. The average molecular weight is 264 g/mol. The zero-order valence-electron chi connectivity index (χ0n) is 12.4. The van der Waals surface area contributed by atoms with Crippen molar-refractivity contribution in [2.24, 2.45) is 5.92 Å². The molecule has 1 fully saturated rings. The zero-order valence-corrected chi connectivity index (χ0v) is 12.4. The summed E-state index contributed by atoms with van der Waals surface area (Å²) in [7, 11) is 0. The van der Waals surface area contributed by atoms with Gasteiger partial charge in [0.15, 0.2) is 0 Å². The average Bonchev–Trinajstić information content (AvgIpc) is 2.82. The minimum atomic E-state index is -0.477. The molecule has 3 nitrogen and oxygen atoms in total. The first-order valence-corrected chi connectivity index (χ1v) is 7.70. The van der Waals surface area contributed by atoms with Gasteiger partial charge >= 0.3 is 0 Å². The summed E-state index contributed by atoms with van der Waals surface area (Å²) in [6.07, 6.45) is 7.49. The molecule has 0 aliphatic heterocycles. The fourth-order valence-corrected chi connectivity index (χ4v) is 2.97. The molecule has 0 aromatic carbocycles. The first-order chi connectivity index (χ1) is 9.13. The maximum absolute atomic E-state index is 10.5. The lowest BCUT2D eigenvalue weighted by Gasteiger charge is -2.35. The Morgan fingerprint density at radius 2 is 2.16 bits per heavy atom. The standard InChI is InChI=1S/C16H28N2O/c1-3-10-18-11-4-5-15(18)12-17-13-16(19)8-6-14(2)7-9-16/h4-5,11,14,17,19H,3,6-10,12-13H2,1-2H3. The normalized spacial score (nSPS) is 27.6. The molecule has 1 heterocycles. The summed E-state index contributed by atoms with van der Waals surface area (Å²) in [5.74, 6) is 0.780. The van der Waals surface area contributed by atoms with Crippen molar-refractivity contribution >= 4 is 0 Å². The van der Waals surface area contributed by atoms with E-state index in [1.54, 1.807) is 0 Å². The Morgan fingerprint density at radius 1 is 1.42 bits per heavy atom. The number of rotatable bonds is 6. The topological polar surface area (TPSA) is 37.2 Å². The molecule has 0 unspecified atom stereocenters. The SMILES string of the molecule is CCCn1cccc1CNCC1(O)CCC(C)CC1. The van der Waals surface area contributed by atoms with Crippen molar-refractivity contribution in [1.29, 1.82) is 0 Å². The van der Waals surface area contributed by atoms with Crippen LogP contribution in [0, 0.1) is 5.92 Å². The van der Waals surface area contributed by atoms with Crippen LogP contribution in [-0.4, -0.2) is 21.8 Å². The minimum absolute atomic E-state index is 0.477. The van der Waals surface area contributed by atoms with E-state index in [2.05, 4.69) is 42.1 Å². The first kappa shape index (κ1) is 14.6. The third-order valence-electron chi connectivity index (χ3n) is 4.35. The highest BCUT2D eigenvalue weighted by Crippen LogP contribution is 2.31. The second kappa shape index (κ2) is 6.58. The first-order valence-electron chi connectivity index (χ1n) is 7.70. The molecule has 19 heavy (non-hydrogen) atoms. The van der Waals surface area contributed by atoms with Gasteiger partial charge in [0.05, 0.1) is 5.60 Å². The van der Waals surface area contributed by atoms with E-state index in [1.165, 1.54) is 5.69 Å². The van der Waals surface area contributed by atoms with Crippen molar-refractivity contribution < 1.29 is 5.11 Å². The van der Waals surface area contributed by atoms with Gasteiger partial charge in [0, 0.05) is 31.5 Å². The monoisotopic (exact) mass is 264 g/mol. The Morgan fingerprint density at radius 3 is 2.84 bits per heavy atom. The van der Waals surface area contributed by atoms with E-state index in [0.29, 0.717) is 0 Å². The molecule has 0 saturated heterocycles. The number of hydrogen-bond acceptors (Lipinski definition) is 2. The fraction of sp³-hybridized carbons (Fsp3) is 0.750. The quantitative estimate of drug-likeness (QED) is 0.829. The van der Waals surface area contributed by atoms with Gasteiger partial charge in [0.1, 0.15) is 0 Å². The van der Waals surface area contributed by atoms with Crippen LogP contribution in [0.5, 0.6) is 0 Å². The van der Waals surface area contributed by atoms with Crippen LogP contribution >= 0.6 is 0 Å². The third kappa shape index (κ3) is 4.08. The van der Waals surface area contributed by atoms with Gasteiger partial charge in [0.2, 0.25) is 0 Å². The molecule has 0 radical (unpaired) electrons. The minimum Gasteiger partial charge on any atom is -0.389 e. The van der Waals surface area contributed by atoms with Crippen LogP contribution < -0.4 is 5.32 Å². The summed E-state index contributed by atoms with van der Waals surface area (Å²) < 4.78 is 2.29. The highest BCUT2D eigenvalue weighted by Gasteiger charge is 2.31. The molecule has 2 rings (SSSR count). The van der Waals surface area contributed by atoms with Crippen LogP contribution in [-0.2, 0) is 13.1 Å². The van der Waals surface area contributed by atoms with E-state index in [9.17, 15) is 5.11 Å². The lowest BCUT2D eigenvalue weighted by atomic mass is 9.79. The lowest BCUT2D eigenvalue weighted by Crippen LogP contribution is -2.43. The molecule has 1 aliphatic carbocycles. The van der Waals surface area contributed by atoms with Crippen LogP contribution in [0.25, 0.3) is 0 Å². The van der Waals surface area contributed by atoms with Crippen molar-refractivity contribution in [3.8, 4) is 0 Å². The Bertz CT molecular complexity index is 378. The zero-order chi connectivity index (χ0) is 13.7. The molecule has 1 aromatic heterocycles. The number of hydrogen-bond donors (Lipinski definition) is 2. The van der Waals surface area contributed by atoms with E-state index < -0.39 is 5.60 Å².